The van der Waals surface area contributed by atoms with Gasteiger partial charge in [-0.15, -0.1) is 0 Å². The normalized spacial score (nSPS) is 11.1. The van der Waals surface area contributed by atoms with Crippen molar-refractivity contribution in [1.82, 2.24) is 9.97 Å². The number of rotatable bonds is 10. The molecule has 1 heterocycles. The topological polar surface area (TPSA) is 167 Å². The minimum atomic E-state index is -1.74. The van der Waals surface area contributed by atoms with Crippen LogP contribution in [0.3, 0.4) is 0 Å². The molecule has 0 saturated carbocycles. The second-order valence-electron chi connectivity index (χ2n) is 6.70. The Hall–Kier alpha value is -4.57. The summed E-state index contributed by atoms with van der Waals surface area (Å²) in [7, 11) is -1.74. The number of hydrogen-bond acceptors (Lipinski definition) is 11. The SMILES string of the molecule is CCOC(=O)CNc1nc(S(C)=O)nc(Oc2cc(C#N)cc(Oc3ccccc3)c2)c1[N+](=O)[O-]. The van der Waals surface area contributed by atoms with E-state index in [2.05, 4.69) is 15.3 Å². The molecule has 1 aromatic heterocycles. The average Bonchev–Trinajstić information content (AvgIpc) is 2.82. The molecule has 0 radical (unpaired) electrons. The molecule has 35 heavy (non-hydrogen) atoms. The number of anilines is 1. The van der Waals surface area contributed by atoms with Crippen LogP contribution in [0, 0.1) is 21.4 Å². The lowest BCUT2D eigenvalue weighted by Crippen LogP contribution is -2.19. The Morgan fingerprint density at radius 1 is 1.14 bits per heavy atom. The molecule has 0 aliphatic carbocycles. The van der Waals surface area contributed by atoms with Gasteiger partial charge in [0.2, 0.25) is 11.0 Å². The maximum Gasteiger partial charge on any atom is 0.373 e. The van der Waals surface area contributed by atoms with Crippen molar-refractivity contribution in [1.29, 1.82) is 5.26 Å². The van der Waals surface area contributed by atoms with Gasteiger partial charge in [-0.05, 0) is 31.2 Å². The predicted molar refractivity (Wildman–Crippen MR) is 124 cm³/mol. The van der Waals surface area contributed by atoms with Crippen molar-refractivity contribution in [2.75, 3.05) is 24.7 Å². The van der Waals surface area contributed by atoms with Gasteiger partial charge in [0.05, 0.1) is 34.0 Å². The van der Waals surface area contributed by atoms with Gasteiger partial charge >= 0.3 is 17.5 Å². The van der Waals surface area contributed by atoms with Gasteiger partial charge in [0.1, 0.15) is 23.8 Å². The Labute approximate surface area is 202 Å². The maximum absolute atomic E-state index is 12.1. The molecule has 0 amide bonds. The fourth-order valence-electron chi connectivity index (χ4n) is 2.76. The van der Waals surface area contributed by atoms with Gasteiger partial charge in [-0.3, -0.25) is 19.1 Å². The number of carbonyl (C=O) groups excluding carboxylic acids is 1. The molecule has 13 heteroatoms. The third-order valence-electron chi connectivity index (χ3n) is 4.18. The van der Waals surface area contributed by atoms with E-state index in [1.807, 2.05) is 12.1 Å². The van der Waals surface area contributed by atoms with E-state index in [0.29, 0.717) is 5.75 Å². The van der Waals surface area contributed by atoms with E-state index in [1.54, 1.807) is 31.2 Å². The van der Waals surface area contributed by atoms with Crippen molar-refractivity contribution in [3.8, 4) is 29.2 Å². The van der Waals surface area contributed by atoms with Crippen LogP contribution in [0.25, 0.3) is 0 Å². The maximum atomic E-state index is 12.1. The lowest BCUT2D eigenvalue weighted by Gasteiger charge is -2.12. The molecule has 1 unspecified atom stereocenters. The number of nitro groups is 1. The highest BCUT2D eigenvalue weighted by atomic mass is 32.2. The van der Waals surface area contributed by atoms with Crippen LogP contribution in [-0.2, 0) is 20.3 Å². The number of benzene rings is 2. The van der Waals surface area contributed by atoms with E-state index in [4.69, 9.17) is 14.2 Å². The van der Waals surface area contributed by atoms with Crippen molar-refractivity contribution in [3.05, 3.63) is 64.2 Å². The van der Waals surface area contributed by atoms with Gasteiger partial charge < -0.3 is 19.5 Å². The molecule has 0 aliphatic heterocycles. The molecule has 3 aromatic rings. The van der Waals surface area contributed by atoms with Crippen molar-refractivity contribution in [2.24, 2.45) is 0 Å². The van der Waals surface area contributed by atoms with Crippen molar-refractivity contribution in [3.63, 3.8) is 0 Å². The quantitative estimate of drug-likeness (QED) is 0.188. The van der Waals surface area contributed by atoms with Gasteiger partial charge in [0.25, 0.3) is 0 Å². The van der Waals surface area contributed by atoms with Crippen LogP contribution in [0.5, 0.6) is 23.1 Å². The molecule has 3 rings (SSSR count). The minimum Gasteiger partial charge on any atom is -0.465 e. The highest BCUT2D eigenvalue weighted by Gasteiger charge is 2.28. The molecular formula is C22H19N5O7S. The molecule has 0 bridgehead atoms. The number of nitrogens with zero attached hydrogens (tertiary/aromatic N) is 4. The number of carbonyl (C=O) groups is 1. The number of aromatic nitrogens is 2. The van der Waals surface area contributed by atoms with Crippen LogP contribution < -0.4 is 14.8 Å². The lowest BCUT2D eigenvalue weighted by molar-refractivity contribution is -0.385. The summed E-state index contributed by atoms with van der Waals surface area (Å²) in [6, 6.07) is 14.9. The first kappa shape index (κ1) is 25.1. The number of nitrogens with one attached hydrogen (secondary N) is 1. The number of esters is 1. The summed E-state index contributed by atoms with van der Waals surface area (Å²) in [5.74, 6) is -0.859. The van der Waals surface area contributed by atoms with Gasteiger partial charge in [0.15, 0.2) is 0 Å². The highest BCUT2D eigenvalue weighted by molar-refractivity contribution is 7.84. The van der Waals surface area contributed by atoms with E-state index >= 15 is 0 Å². The van der Waals surface area contributed by atoms with E-state index in [0.717, 1.165) is 0 Å². The number of para-hydroxylation sites is 1. The van der Waals surface area contributed by atoms with E-state index < -0.39 is 39.8 Å². The summed E-state index contributed by atoms with van der Waals surface area (Å²) < 4.78 is 28.3. The largest absolute Gasteiger partial charge is 0.465 e. The summed E-state index contributed by atoms with van der Waals surface area (Å²) >= 11 is 0. The number of hydrogen-bond donors (Lipinski definition) is 1. The average molecular weight is 497 g/mol. The Balaban J connectivity index is 2.02. The molecule has 0 spiro atoms. The Bertz CT molecular complexity index is 1310. The zero-order valence-electron chi connectivity index (χ0n) is 18.6. The molecule has 2 aromatic carbocycles. The van der Waals surface area contributed by atoms with Crippen molar-refractivity contribution in [2.45, 2.75) is 12.1 Å². The standard InChI is InChI=1S/C22H19N5O7S/c1-3-32-18(28)13-24-20-19(27(29)30)21(26-22(25-20)35(2)31)34-17-10-14(12-23)9-16(11-17)33-15-7-5-4-6-8-15/h4-11H,3,13H2,1-2H3,(H,24,25,26). The fourth-order valence-corrected chi connectivity index (χ4v) is 3.19. The first-order valence-electron chi connectivity index (χ1n) is 10.1. The lowest BCUT2D eigenvalue weighted by atomic mass is 10.2. The molecule has 12 nitrogen and oxygen atoms in total. The highest BCUT2D eigenvalue weighted by Crippen LogP contribution is 2.37. The van der Waals surface area contributed by atoms with Crippen LogP contribution in [-0.4, -0.2) is 44.5 Å². The zero-order valence-corrected chi connectivity index (χ0v) is 19.4. The monoisotopic (exact) mass is 497 g/mol. The van der Waals surface area contributed by atoms with Crippen LogP contribution >= 0.6 is 0 Å². The first-order valence-corrected chi connectivity index (χ1v) is 11.6. The van der Waals surface area contributed by atoms with Crippen LogP contribution in [0.1, 0.15) is 12.5 Å². The molecule has 0 saturated heterocycles. The summed E-state index contributed by atoms with van der Waals surface area (Å²) in [5, 5.41) is 23.5. The zero-order chi connectivity index (χ0) is 25.4. The fraction of sp³-hybridized carbons (Fsp3) is 0.182. The summed E-state index contributed by atoms with van der Waals surface area (Å²) in [6.45, 7) is 1.30. The van der Waals surface area contributed by atoms with Gasteiger partial charge in [0, 0.05) is 12.3 Å². The van der Waals surface area contributed by atoms with Gasteiger partial charge in [-0.2, -0.15) is 15.2 Å². The van der Waals surface area contributed by atoms with Crippen molar-refractivity contribution < 1.29 is 28.1 Å². The second-order valence-corrected chi connectivity index (χ2v) is 7.97. The predicted octanol–water partition coefficient (Wildman–Crippen LogP) is 3.55. The Morgan fingerprint density at radius 3 is 2.43 bits per heavy atom. The van der Waals surface area contributed by atoms with E-state index in [9.17, 15) is 24.4 Å². The summed E-state index contributed by atoms with van der Waals surface area (Å²) in [5.41, 5.74) is -0.540. The van der Waals surface area contributed by atoms with Crippen molar-refractivity contribution >= 4 is 28.3 Å². The molecule has 1 N–H and O–H groups in total. The first-order chi connectivity index (χ1) is 16.8. The van der Waals surface area contributed by atoms with Gasteiger partial charge in [-0.25, -0.2) is 0 Å². The third-order valence-corrected chi connectivity index (χ3v) is 4.88. The minimum absolute atomic E-state index is 0.000888. The van der Waals surface area contributed by atoms with Crippen LogP contribution in [0.15, 0.2) is 53.7 Å². The third kappa shape index (κ3) is 6.71. The van der Waals surface area contributed by atoms with Gasteiger partial charge in [-0.1, -0.05) is 18.2 Å². The molecular weight excluding hydrogens is 478 g/mol. The number of ether oxygens (including phenoxy) is 3. The smallest absolute Gasteiger partial charge is 0.373 e. The molecule has 0 aliphatic rings. The van der Waals surface area contributed by atoms with Crippen LogP contribution in [0.2, 0.25) is 0 Å². The van der Waals surface area contributed by atoms with E-state index in [1.165, 1.54) is 24.5 Å². The summed E-state index contributed by atoms with van der Waals surface area (Å²) in [6.07, 6.45) is 1.28. The van der Waals surface area contributed by atoms with E-state index in [-0.39, 0.29) is 34.6 Å². The molecule has 180 valence electrons. The summed E-state index contributed by atoms with van der Waals surface area (Å²) in [4.78, 5) is 30.6. The van der Waals surface area contributed by atoms with Crippen LogP contribution in [0.4, 0.5) is 11.5 Å². The number of nitriles is 1. The second kappa shape index (κ2) is 11.5. The Morgan fingerprint density at radius 2 is 1.83 bits per heavy atom. The Kier molecular flexibility index (Phi) is 8.25. The molecule has 0 fully saturated rings. The molecule has 1 atom stereocenters.